The van der Waals surface area contributed by atoms with Crippen LogP contribution in [0.1, 0.15) is 37.3 Å². The van der Waals surface area contributed by atoms with Crippen molar-refractivity contribution < 1.29 is 14.3 Å². The van der Waals surface area contributed by atoms with Gasteiger partial charge < -0.3 is 25.0 Å². The molecule has 0 bridgehead atoms. The first-order chi connectivity index (χ1) is 15.5. The van der Waals surface area contributed by atoms with Crippen LogP contribution in [0.15, 0.2) is 23.2 Å². The summed E-state index contributed by atoms with van der Waals surface area (Å²) in [6.45, 7) is 9.34. The normalized spacial score (nSPS) is 20.9. The molecule has 2 fully saturated rings. The van der Waals surface area contributed by atoms with E-state index >= 15 is 0 Å². The molecule has 0 radical (unpaired) electrons. The molecular formula is C24H40IN5O3. The molecule has 2 unspecified atom stereocenters. The van der Waals surface area contributed by atoms with Gasteiger partial charge in [0, 0.05) is 38.7 Å². The predicted molar refractivity (Wildman–Crippen MR) is 143 cm³/mol. The number of aliphatic imine (C=N–C) groups is 1. The first kappa shape index (κ1) is 27.7. The Kier molecular flexibility index (Phi) is 11.7. The van der Waals surface area contributed by atoms with Crippen LogP contribution >= 0.6 is 24.0 Å². The fraction of sp³-hybridized carbons (Fsp3) is 0.667. The van der Waals surface area contributed by atoms with Crippen LogP contribution in [0.5, 0.6) is 5.75 Å². The minimum absolute atomic E-state index is 0. The van der Waals surface area contributed by atoms with E-state index in [-0.39, 0.29) is 42.5 Å². The molecular weight excluding hydrogens is 533 g/mol. The van der Waals surface area contributed by atoms with Crippen LogP contribution < -0.4 is 15.4 Å². The highest BCUT2D eigenvalue weighted by molar-refractivity contribution is 14.0. The summed E-state index contributed by atoms with van der Waals surface area (Å²) in [5.41, 5.74) is 2.18. The third-order valence-electron chi connectivity index (χ3n) is 6.13. The number of likely N-dealkylation sites (tertiary alicyclic amines) is 1. The summed E-state index contributed by atoms with van der Waals surface area (Å²) in [4.78, 5) is 21.0. The fourth-order valence-electron chi connectivity index (χ4n) is 4.10. The molecule has 1 amide bonds. The Labute approximate surface area is 215 Å². The van der Waals surface area contributed by atoms with Crippen molar-refractivity contribution in [2.75, 3.05) is 53.5 Å². The van der Waals surface area contributed by atoms with Gasteiger partial charge in [0.1, 0.15) is 11.9 Å². The number of hydrogen-bond donors (Lipinski definition) is 2. The lowest BCUT2D eigenvalue weighted by Gasteiger charge is -2.24. The molecule has 3 rings (SSSR count). The number of carbonyl (C=O) groups excluding carboxylic acids is 1. The smallest absolute Gasteiger partial charge is 0.241 e. The molecule has 2 heterocycles. The van der Waals surface area contributed by atoms with Gasteiger partial charge in [0.15, 0.2) is 5.96 Å². The largest absolute Gasteiger partial charge is 0.488 e. The molecule has 33 heavy (non-hydrogen) atoms. The van der Waals surface area contributed by atoms with E-state index in [1.807, 2.05) is 0 Å². The molecule has 2 atom stereocenters. The maximum atomic E-state index is 12.1. The lowest BCUT2D eigenvalue weighted by atomic mass is 10.1. The SMILES string of the molecule is CCN1CCCC1CNC(=NCc1ccc(C)cc1OC1CCOC1)NCC(=O)N(C)C.I. The van der Waals surface area contributed by atoms with Gasteiger partial charge in [-0.05, 0) is 44.5 Å². The molecule has 1 aromatic rings. The summed E-state index contributed by atoms with van der Waals surface area (Å²) in [6, 6.07) is 6.72. The van der Waals surface area contributed by atoms with Gasteiger partial charge in [0.2, 0.25) is 5.91 Å². The second kappa shape index (κ2) is 14.0. The minimum atomic E-state index is 0. The maximum absolute atomic E-state index is 12.1. The van der Waals surface area contributed by atoms with Gasteiger partial charge in [0.05, 0.1) is 26.3 Å². The highest BCUT2D eigenvalue weighted by atomic mass is 127. The number of amides is 1. The Morgan fingerprint density at radius 2 is 2.12 bits per heavy atom. The first-order valence-corrected chi connectivity index (χ1v) is 11.8. The van der Waals surface area contributed by atoms with Crippen molar-refractivity contribution in [3.8, 4) is 5.75 Å². The van der Waals surface area contributed by atoms with Crippen molar-refractivity contribution >= 4 is 35.8 Å². The quantitative estimate of drug-likeness (QED) is 0.269. The number of hydrogen-bond acceptors (Lipinski definition) is 5. The first-order valence-electron chi connectivity index (χ1n) is 11.8. The number of guanidine groups is 1. The number of nitrogens with one attached hydrogen (secondary N) is 2. The summed E-state index contributed by atoms with van der Waals surface area (Å²) in [7, 11) is 3.52. The Bertz CT molecular complexity index is 783. The summed E-state index contributed by atoms with van der Waals surface area (Å²) in [6.07, 6.45) is 3.42. The number of aryl methyl sites for hydroxylation is 1. The maximum Gasteiger partial charge on any atom is 0.241 e. The molecule has 0 aromatic heterocycles. The third kappa shape index (κ3) is 8.60. The Hall–Kier alpha value is -1.59. The summed E-state index contributed by atoms with van der Waals surface area (Å²) >= 11 is 0. The second-order valence-corrected chi connectivity index (χ2v) is 8.83. The van der Waals surface area contributed by atoms with E-state index in [0.717, 1.165) is 49.5 Å². The zero-order valence-electron chi connectivity index (χ0n) is 20.4. The van der Waals surface area contributed by atoms with Gasteiger partial charge in [0.25, 0.3) is 0 Å². The summed E-state index contributed by atoms with van der Waals surface area (Å²) in [5, 5.41) is 6.66. The van der Waals surface area contributed by atoms with E-state index in [9.17, 15) is 4.79 Å². The van der Waals surface area contributed by atoms with Crippen LogP contribution in [0.3, 0.4) is 0 Å². The average molecular weight is 574 g/mol. The summed E-state index contributed by atoms with van der Waals surface area (Å²) < 4.78 is 11.7. The molecule has 0 saturated carbocycles. The molecule has 1 aromatic carbocycles. The number of likely N-dealkylation sites (N-methyl/N-ethyl adjacent to an activating group) is 2. The van der Waals surface area contributed by atoms with Gasteiger partial charge in [-0.2, -0.15) is 0 Å². The van der Waals surface area contributed by atoms with E-state index < -0.39 is 0 Å². The zero-order valence-corrected chi connectivity index (χ0v) is 22.8. The molecule has 0 aliphatic carbocycles. The number of rotatable bonds is 9. The average Bonchev–Trinajstić information content (AvgIpc) is 3.45. The van der Waals surface area contributed by atoms with E-state index in [4.69, 9.17) is 14.5 Å². The zero-order chi connectivity index (χ0) is 22.9. The molecule has 2 saturated heterocycles. The molecule has 2 aliphatic heterocycles. The van der Waals surface area contributed by atoms with Crippen LogP contribution in [0.2, 0.25) is 0 Å². The van der Waals surface area contributed by atoms with Crippen LogP contribution in [0, 0.1) is 6.92 Å². The van der Waals surface area contributed by atoms with Crippen molar-refractivity contribution in [2.45, 2.75) is 51.8 Å². The van der Waals surface area contributed by atoms with Gasteiger partial charge in [-0.3, -0.25) is 9.69 Å². The Morgan fingerprint density at radius 1 is 1.30 bits per heavy atom. The lowest BCUT2D eigenvalue weighted by Crippen LogP contribution is -2.47. The van der Waals surface area contributed by atoms with E-state index in [1.165, 1.54) is 12.8 Å². The predicted octanol–water partition coefficient (Wildman–Crippen LogP) is 2.39. The van der Waals surface area contributed by atoms with Crippen molar-refractivity contribution in [1.29, 1.82) is 0 Å². The fourth-order valence-corrected chi connectivity index (χ4v) is 4.10. The van der Waals surface area contributed by atoms with Gasteiger partial charge >= 0.3 is 0 Å². The Morgan fingerprint density at radius 3 is 2.82 bits per heavy atom. The number of nitrogens with zero attached hydrogens (tertiary/aromatic N) is 3. The van der Waals surface area contributed by atoms with Crippen LogP contribution in [-0.2, 0) is 16.1 Å². The highest BCUT2D eigenvalue weighted by Crippen LogP contribution is 2.24. The van der Waals surface area contributed by atoms with Crippen molar-refractivity contribution in [2.24, 2.45) is 4.99 Å². The molecule has 9 heteroatoms. The van der Waals surface area contributed by atoms with Crippen LogP contribution in [0.25, 0.3) is 0 Å². The summed E-state index contributed by atoms with van der Waals surface area (Å²) in [5.74, 6) is 1.52. The molecule has 2 aliphatic rings. The van der Waals surface area contributed by atoms with E-state index in [0.29, 0.717) is 25.2 Å². The number of halogens is 1. The standard InChI is InChI=1S/C24H39N5O3.HI/c1-5-29-11-6-7-20(29)15-26-24(27-16-23(30)28(3)4)25-14-19-9-8-18(2)13-22(19)32-21-10-12-31-17-21;/h8-9,13,20-21H,5-7,10-12,14-17H2,1-4H3,(H2,25,26,27);1H. The monoisotopic (exact) mass is 573 g/mol. The number of carbonyl (C=O) groups is 1. The van der Waals surface area contributed by atoms with Crippen molar-refractivity contribution in [1.82, 2.24) is 20.4 Å². The van der Waals surface area contributed by atoms with E-state index in [2.05, 4.69) is 47.6 Å². The Balaban J connectivity index is 0.00000385. The van der Waals surface area contributed by atoms with Gasteiger partial charge in [-0.1, -0.05) is 19.1 Å². The van der Waals surface area contributed by atoms with Crippen LogP contribution in [-0.4, -0.2) is 87.3 Å². The lowest BCUT2D eigenvalue weighted by molar-refractivity contribution is -0.127. The van der Waals surface area contributed by atoms with Gasteiger partial charge in [-0.15, -0.1) is 24.0 Å². The molecule has 2 N–H and O–H groups in total. The van der Waals surface area contributed by atoms with Gasteiger partial charge in [-0.25, -0.2) is 4.99 Å². The van der Waals surface area contributed by atoms with E-state index in [1.54, 1.807) is 19.0 Å². The highest BCUT2D eigenvalue weighted by Gasteiger charge is 2.23. The van der Waals surface area contributed by atoms with Crippen molar-refractivity contribution in [3.05, 3.63) is 29.3 Å². The number of benzene rings is 1. The molecule has 8 nitrogen and oxygen atoms in total. The minimum Gasteiger partial charge on any atom is -0.488 e. The van der Waals surface area contributed by atoms with Crippen molar-refractivity contribution in [3.63, 3.8) is 0 Å². The topological polar surface area (TPSA) is 78.4 Å². The second-order valence-electron chi connectivity index (χ2n) is 8.83. The number of ether oxygens (including phenoxy) is 2. The van der Waals surface area contributed by atoms with Crippen LogP contribution in [0.4, 0.5) is 0 Å². The molecule has 186 valence electrons. The molecule has 0 spiro atoms. The third-order valence-corrected chi connectivity index (χ3v) is 6.13.